The molecule has 4 unspecified atom stereocenters. The smallest absolute Gasteiger partial charge is 0.251 e. The number of aliphatic hydroxyl groups is 1. The molecule has 4 atom stereocenters. The van der Waals surface area contributed by atoms with Gasteiger partial charge in [-0.15, -0.1) is 0 Å². The SMILES string of the molecule is C=C(CNC(=O)C(CCCCN)NC(C)CNC(=O)C(N/C(=C/CC)CNC(=O)c1ccc(-c2ccc(Cl)cc2)cc1)C(C)O)OCC. The van der Waals surface area contributed by atoms with E-state index in [1.54, 1.807) is 12.1 Å². The highest BCUT2D eigenvalue weighted by Crippen LogP contribution is 2.22. The number of ether oxygens (including phenoxy) is 1. The number of hydrogen-bond acceptors (Lipinski definition) is 8. The van der Waals surface area contributed by atoms with Crippen LogP contribution in [0.4, 0.5) is 0 Å². The van der Waals surface area contributed by atoms with Crippen molar-refractivity contribution in [2.24, 2.45) is 5.73 Å². The van der Waals surface area contributed by atoms with Crippen molar-refractivity contribution in [2.45, 2.75) is 77.6 Å². The molecule has 2 rings (SSSR count). The van der Waals surface area contributed by atoms with Crippen LogP contribution in [0, 0.1) is 0 Å². The molecule has 0 spiro atoms. The van der Waals surface area contributed by atoms with Gasteiger partial charge in [-0.25, -0.2) is 0 Å². The minimum absolute atomic E-state index is 0.134. The lowest BCUT2D eigenvalue weighted by molar-refractivity contribution is -0.125. The number of carbonyl (C=O) groups excluding carboxylic acids is 3. The third-order valence-corrected chi connectivity index (χ3v) is 7.71. The van der Waals surface area contributed by atoms with Crippen LogP contribution in [-0.4, -0.2) is 79.8 Å². The Morgan fingerprint density at radius 3 is 2.17 bits per heavy atom. The van der Waals surface area contributed by atoms with Crippen LogP contribution in [0.5, 0.6) is 0 Å². The predicted octanol–water partition coefficient (Wildman–Crippen LogP) is 3.63. The maximum absolute atomic E-state index is 13.2. The number of rotatable bonds is 22. The molecule has 0 aliphatic rings. The first-order valence-electron chi connectivity index (χ1n) is 16.6. The zero-order chi connectivity index (χ0) is 35.5. The second-order valence-electron chi connectivity index (χ2n) is 11.6. The minimum Gasteiger partial charge on any atom is -0.497 e. The Balaban J connectivity index is 1.95. The predicted molar refractivity (Wildman–Crippen MR) is 192 cm³/mol. The summed E-state index contributed by atoms with van der Waals surface area (Å²) >= 11 is 5.99. The fourth-order valence-electron chi connectivity index (χ4n) is 4.88. The first-order chi connectivity index (χ1) is 23.0. The second-order valence-corrected chi connectivity index (χ2v) is 12.0. The molecule has 2 aromatic rings. The zero-order valence-electron chi connectivity index (χ0n) is 28.6. The van der Waals surface area contributed by atoms with E-state index in [9.17, 15) is 19.5 Å². The Morgan fingerprint density at radius 2 is 1.58 bits per heavy atom. The van der Waals surface area contributed by atoms with E-state index < -0.39 is 24.1 Å². The summed E-state index contributed by atoms with van der Waals surface area (Å²) in [6.45, 7) is 12.5. The van der Waals surface area contributed by atoms with Crippen LogP contribution in [0.2, 0.25) is 5.02 Å². The molecule has 0 saturated carbocycles. The lowest BCUT2D eigenvalue weighted by Crippen LogP contribution is -2.55. The Morgan fingerprint density at radius 1 is 0.938 bits per heavy atom. The van der Waals surface area contributed by atoms with Crippen molar-refractivity contribution in [3.8, 4) is 11.1 Å². The summed E-state index contributed by atoms with van der Waals surface area (Å²) in [5.74, 6) is -0.402. The van der Waals surface area contributed by atoms with Gasteiger partial charge in [0.25, 0.3) is 5.91 Å². The monoisotopic (exact) mass is 684 g/mol. The molecule has 0 aliphatic carbocycles. The van der Waals surface area contributed by atoms with E-state index in [1.165, 1.54) is 6.92 Å². The number of aliphatic hydroxyl groups excluding tert-OH is 1. The van der Waals surface area contributed by atoms with Crippen molar-refractivity contribution in [1.82, 2.24) is 26.6 Å². The number of unbranched alkanes of at least 4 members (excludes halogenated alkanes) is 1. The third-order valence-electron chi connectivity index (χ3n) is 7.46. The first kappa shape index (κ1) is 40.3. The van der Waals surface area contributed by atoms with Crippen LogP contribution < -0.4 is 32.3 Å². The van der Waals surface area contributed by atoms with E-state index in [4.69, 9.17) is 22.1 Å². The number of amides is 3. The van der Waals surface area contributed by atoms with Crippen molar-refractivity contribution >= 4 is 29.3 Å². The Labute approximate surface area is 290 Å². The molecule has 0 heterocycles. The quantitative estimate of drug-likeness (QED) is 0.0730. The summed E-state index contributed by atoms with van der Waals surface area (Å²) in [6.07, 6.45) is 3.60. The molecular weight excluding hydrogens is 632 g/mol. The van der Waals surface area contributed by atoms with Crippen molar-refractivity contribution < 1.29 is 24.2 Å². The maximum atomic E-state index is 13.2. The second kappa shape index (κ2) is 21.9. The molecule has 0 aliphatic heterocycles. The topological polar surface area (TPSA) is 167 Å². The minimum atomic E-state index is -1.03. The van der Waals surface area contributed by atoms with E-state index in [0.29, 0.717) is 48.0 Å². The van der Waals surface area contributed by atoms with Crippen molar-refractivity contribution in [3.05, 3.63) is 83.2 Å². The molecule has 0 radical (unpaired) electrons. The van der Waals surface area contributed by atoms with Gasteiger partial charge in [0.1, 0.15) is 11.8 Å². The van der Waals surface area contributed by atoms with E-state index in [2.05, 4.69) is 33.2 Å². The van der Waals surface area contributed by atoms with Crippen LogP contribution in [0.15, 0.2) is 72.6 Å². The number of hydrogen-bond donors (Lipinski definition) is 7. The lowest BCUT2D eigenvalue weighted by atomic mass is 10.0. The van der Waals surface area contributed by atoms with Crippen LogP contribution in [0.3, 0.4) is 0 Å². The van der Waals surface area contributed by atoms with Gasteiger partial charge in [-0.1, -0.05) is 61.9 Å². The van der Waals surface area contributed by atoms with E-state index >= 15 is 0 Å². The van der Waals surface area contributed by atoms with Gasteiger partial charge < -0.3 is 42.2 Å². The van der Waals surface area contributed by atoms with E-state index in [1.807, 2.05) is 63.2 Å². The molecule has 11 nitrogen and oxygen atoms in total. The molecule has 0 fully saturated rings. The van der Waals surface area contributed by atoms with Crippen LogP contribution in [0.25, 0.3) is 11.1 Å². The molecule has 0 saturated heterocycles. The van der Waals surface area contributed by atoms with Gasteiger partial charge in [0.15, 0.2) is 0 Å². The summed E-state index contributed by atoms with van der Waals surface area (Å²) in [5, 5.41) is 26.2. The fraction of sp³-hybridized carbons (Fsp3) is 0.472. The van der Waals surface area contributed by atoms with Crippen LogP contribution in [0.1, 0.15) is 63.7 Å². The molecule has 3 amide bonds. The summed E-state index contributed by atoms with van der Waals surface area (Å²) in [7, 11) is 0. The molecular formula is C36H53ClN6O5. The zero-order valence-corrected chi connectivity index (χ0v) is 29.4. The highest BCUT2D eigenvalue weighted by molar-refractivity contribution is 6.30. The normalized spacial score (nSPS) is 13.9. The van der Waals surface area contributed by atoms with Crippen molar-refractivity contribution in [2.75, 3.05) is 32.8 Å². The van der Waals surface area contributed by atoms with Crippen LogP contribution >= 0.6 is 11.6 Å². The van der Waals surface area contributed by atoms with Crippen molar-refractivity contribution in [3.63, 3.8) is 0 Å². The lowest BCUT2D eigenvalue weighted by Gasteiger charge is -2.26. The Bertz CT molecular complexity index is 1330. The molecule has 2 aromatic carbocycles. The van der Waals surface area contributed by atoms with Gasteiger partial charge in [0.05, 0.1) is 31.8 Å². The highest BCUT2D eigenvalue weighted by Gasteiger charge is 2.26. The molecule has 48 heavy (non-hydrogen) atoms. The number of allylic oxidation sites excluding steroid dienone is 1. The largest absolute Gasteiger partial charge is 0.497 e. The van der Waals surface area contributed by atoms with E-state index in [-0.39, 0.29) is 37.5 Å². The molecule has 264 valence electrons. The number of halogens is 1. The summed E-state index contributed by atoms with van der Waals surface area (Å²) in [6, 6.07) is 13.0. The molecule has 12 heteroatoms. The maximum Gasteiger partial charge on any atom is 0.251 e. The number of benzene rings is 2. The van der Waals surface area contributed by atoms with E-state index in [0.717, 1.165) is 24.0 Å². The Hall–Kier alpha value is -3.90. The number of nitrogens with two attached hydrogens (primary N) is 1. The third kappa shape index (κ3) is 14.5. The molecule has 8 N–H and O–H groups in total. The van der Waals surface area contributed by atoms with Gasteiger partial charge in [-0.05, 0) is 82.0 Å². The van der Waals surface area contributed by atoms with Crippen molar-refractivity contribution in [1.29, 1.82) is 0 Å². The Kier molecular flexibility index (Phi) is 18.4. The summed E-state index contributed by atoms with van der Waals surface area (Å²) in [4.78, 5) is 39.1. The van der Waals surface area contributed by atoms with Gasteiger partial charge in [-0.2, -0.15) is 0 Å². The first-order valence-corrected chi connectivity index (χ1v) is 17.0. The number of carbonyl (C=O) groups is 3. The van der Waals surface area contributed by atoms with Gasteiger partial charge in [0.2, 0.25) is 11.8 Å². The number of nitrogens with one attached hydrogen (secondary N) is 5. The van der Waals surface area contributed by atoms with Crippen LogP contribution in [-0.2, 0) is 14.3 Å². The summed E-state index contributed by atoms with van der Waals surface area (Å²) < 4.78 is 5.32. The molecule has 0 bridgehead atoms. The van der Waals surface area contributed by atoms with Gasteiger partial charge in [0, 0.05) is 28.9 Å². The average Bonchev–Trinajstić information content (AvgIpc) is 3.07. The fourth-order valence-corrected chi connectivity index (χ4v) is 5.01. The van der Waals surface area contributed by atoms with Gasteiger partial charge >= 0.3 is 0 Å². The summed E-state index contributed by atoms with van der Waals surface area (Å²) in [5.41, 5.74) is 8.68. The highest BCUT2D eigenvalue weighted by atomic mass is 35.5. The molecule has 0 aromatic heterocycles. The standard InChI is InChI=1S/C36H53ClN6O5/c1-6-10-31(23-41-34(45)29-14-12-27(13-15-29)28-16-18-30(37)19-17-28)43-33(26(5)44)36(47)39-21-24(3)42-32(11-8-9-20-38)35(46)40-22-25(4)48-7-2/h10,12-19,24,26,32-33,42-44H,4,6-9,11,20-23,38H2,1-3,5H3,(H,39,47)(H,40,46)(H,41,45)/b31-10+. The van der Waals surface area contributed by atoms with Gasteiger partial charge in [-0.3, -0.25) is 14.4 Å². The average molecular weight is 685 g/mol.